The largest absolute Gasteiger partial charge is 0.466 e. The third-order valence-corrected chi connectivity index (χ3v) is 2.37. The number of benzene rings is 1. The van der Waals surface area contributed by atoms with Crippen LogP contribution in [0, 0.1) is 6.92 Å². The second-order valence-corrected chi connectivity index (χ2v) is 3.40. The van der Waals surface area contributed by atoms with Gasteiger partial charge in [-0.3, -0.25) is 0 Å². The standard InChI is InChI=1S/C13H16O2/c1-4-12-9-11(6-5-10(12)2)7-8-13(14)15-3/h5-9H,4H2,1-3H3. The highest BCUT2D eigenvalue weighted by atomic mass is 16.5. The van der Waals surface area contributed by atoms with Crippen molar-refractivity contribution in [3.05, 3.63) is 41.0 Å². The van der Waals surface area contributed by atoms with Gasteiger partial charge in [0, 0.05) is 6.08 Å². The minimum absolute atomic E-state index is 0.325. The van der Waals surface area contributed by atoms with Crippen molar-refractivity contribution in [2.45, 2.75) is 20.3 Å². The van der Waals surface area contributed by atoms with Crippen LogP contribution in [-0.2, 0) is 16.0 Å². The summed E-state index contributed by atoms with van der Waals surface area (Å²) in [6.45, 7) is 4.21. The highest BCUT2D eigenvalue weighted by Crippen LogP contribution is 2.12. The predicted octanol–water partition coefficient (Wildman–Crippen LogP) is 2.74. The third-order valence-electron chi connectivity index (χ3n) is 2.37. The molecule has 0 fully saturated rings. The molecule has 2 nitrogen and oxygen atoms in total. The van der Waals surface area contributed by atoms with Crippen LogP contribution in [0.5, 0.6) is 0 Å². The molecule has 0 aliphatic heterocycles. The molecule has 0 amide bonds. The van der Waals surface area contributed by atoms with Crippen LogP contribution < -0.4 is 0 Å². The fourth-order valence-electron chi connectivity index (χ4n) is 1.41. The number of esters is 1. The van der Waals surface area contributed by atoms with Crippen LogP contribution in [0.4, 0.5) is 0 Å². The van der Waals surface area contributed by atoms with Gasteiger partial charge in [-0.1, -0.05) is 25.1 Å². The van der Waals surface area contributed by atoms with Gasteiger partial charge in [-0.2, -0.15) is 0 Å². The number of hydrogen-bond acceptors (Lipinski definition) is 2. The molecule has 80 valence electrons. The summed E-state index contributed by atoms with van der Waals surface area (Å²) in [4.78, 5) is 10.9. The quantitative estimate of drug-likeness (QED) is 0.559. The van der Waals surface area contributed by atoms with Gasteiger partial charge in [0.25, 0.3) is 0 Å². The summed E-state index contributed by atoms with van der Waals surface area (Å²) in [5.41, 5.74) is 3.62. The van der Waals surface area contributed by atoms with Crippen molar-refractivity contribution in [2.24, 2.45) is 0 Å². The molecule has 0 radical (unpaired) electrons. The van der Waals surface area contributed by atoms with Gasteiger partial charge >= 0.3 is 5.97 Å². The Kier molecular flexibility index (Phi) is 4.10. The first-order chi connectivity index (χ1) is 7.17. The van der Waals surface area contributed by atoms with E-state index in [0.29, 0.717) is 0 Å². The summed E-state index contributed by atoms with van der Waals surface area (Å²) in [6.07, 6.45) is 4.21. The lowest BCUT2D eigenvalue weighted by atomic mass is 10.0. The first-order valence-corrected chi connectivity index (χ1v) is 5.03. The number of ether oxygens (including phenoxy) is 1. The molecule has 0 aliphatic carbocycles. The molecule has 0 N–H and O–H groups in total. The molecule has 1 rings (SSSR count). The molecule has 0 aliphatic rings. The average Bonchev–Trinajstić information content (AvgIpc) is 2.27. The summed E-state index contributed by atoms with van der Waals surface area (Å²) in [5, 5.41) is 0. The van der Waals surface area contributed by atoms with Crippen molar-refractivity contribution >= 4 is 12.0 Å². The molecule has 15 heavy (non-hydrogen) atoms. The Bertz CT molecular complexity index is 378. The molecule has 1 aromatic rings. The lowest BCUT2D eigenvalue weighted by Crippen LogP contribution is -1.93. The van der Waals surface area contributed by atoms with Gasteiger partial charge in [-0.05, 0) is 36.1 Å². The molecule has 0 bridgehead atoms. The maximum absolute atomic E-state index is 10.9. The fourth-order valence-corrected chi connectivity index (χ4v) is 1.41. The van der Waals surface area contributed by atoms with E-state index in [4.69, 9.17) is 0 Å². The minimum Gasteiger partial charge on any atom is -0.466 e. The van der Waals surface area contributed by atoms with Crippen LogP contribution in [0.25, 0.3) is 6.08 Å². The molecule has 1 aromatic carbocycles. The second-order valence-electron chi connectivity index (χ2n) is 3.40. The van der Waals surface area contributed by atoms with Crippen LogP contribution in [0.1, 0.15) is 23.6 Å². The van der Waals surface area contributed by atoms with Crippen molar-refractivity contribution in [3.63, 3.8) is 0 Å². The molecule has 0 aromatic heterocycles. The van der Waals surface area contributed by atoms with E-state index in [0.717, 1.165) is 12.0 Å². The Morgan fingerprint density at radius 1 is 1.47 bits per heavy atom. The van der Waals surface area contributed by atoms with Crippen LogP contribution in [0.2, 0.25) is 0 Å². The highest BCUT2D eigenvalue weighted by molar-refractivity contribution is 5.86. The van der Waals surface area contributed by atoms with E-state index in [1.54, 1.807) is 6.08 Å². The van der Waals surface area contributed by atoms with Crippen molar-refractivity contribution in [3.8, 4) is 0 Å². The summed E-state index contributed by atoms with van der Waals surface area (Å²) in [6, 6.07) is 6.15. The van der Waals surface area contributed by atoms with Crippen LogP contribution >= 0.6 is 0 Å². The van der Waals surface area contributed by atoms with E-state index in [2.05, 4.69) is 30.7 Å². The van der Waals surface area contributed by atoms with E-state index in [1.807, 2.05) is 6.07 Å². The third kappa shape index (κ3) is 3.24. The zero-order valence-electron chi connectivity index (χ0n) is 9.41. The molecule has 0 saturated carbocycles. The summed E-state index contributed by atoms with van der Waals surface area (Å²) in [5.74, 6) is -0.325. The Hall–Kier alpha value is -1.57. The molecule has 0 saturated heterocycles. The number of rotatable bonds is 3. The van der Waals surface area contributed by atoms with Crippen LogP contribution in [0.3, 0.4) is 0 Å². The SMILES string of the molecule is CCc1cc(C=CC(=O)OC)ccc1C. The molecule has 0 unspecified atom stereocenters. The van der Waals surface area contributed by atoms with E-state index < -0.39 is 0 Å². The lowest BCUT2D eigenvalue weighted by Gasteiger charge is -2.03. The van der Waals surface area contributed by atoms with Gasteiger partial charge < -0.3 is 4.74 Å². The summed E-state index contributed by atoms with van der Waals surface area (Å²) < 4.78 is 4.53. The van der Waals surface area contributed by atoms with Crippen molar-refractivity contribution in [1.82, 2.24) is 0 Å². The average molecular weight is 204 g/mol. The van der Waals surface area contributed by atoms with E-state index >= 15 is 0 Å². The van der Waals surface area contributed by atoms with Crippen molar-refractivity contribution in [1.29, 1.82) is 0 Å². The molecule has 0 atom stereocenters. The normalized spacial score (nSPS) is 10.6. The molecular formula is C13H16O2. The lowest BCUT2D eigenvalue weighted by molar-refractivity contribution is -0.134. The first kappa shape index (κ1) is 11.5. The Morgan fingerprint density at radius 3 is 2.80 bits per heavy atom. The predicted molar refractivity (Wildman–Crippen MR) is 61.6 cm³/mol. The first-order valence-electron chi connectivity index (χ1n) is 5.03. The van der Waals surface area contributed by atoms with Gasteiger partial charge in [0.15, 0.2) is 0 Å². The van der Waals surface area contributed by atoms with E-state index in [9.17, 15) is 4.79 Å². The van der Waals surface area contributed by atoms with Gasteiger partial charge in [0.05, 0.1) is 7.11 Å². The maximum atomic E-state index is 10.9. The zero-order chi connectivity index (χ0) is 11.3. The molecule has 2 heteroatoms. The van der Waals surface area contributed by atoms with Gasteiger partial charge in [-0.25, -0.2) is 4.79 Å². The topological polar surface area (TPSA) is 26.3 Å². The van der Waals surface area contributed by atoms with Crippen molar-refractivity contribution in [2.75, 3.05) is 7.11 Å². The number of methoxy groups -OCH3 is 1. The Labute approximate surface area is 90.6 Å². The minimum atomic E-state index is -0.325. The van der Waals surface area contributed by atoms with Gasteiger partial charge in [0.2, 0.25) is 0 Å². The Morgan fingerprint density at radius 2 is 2.20 bits per heavy atom. The van der Waals surface area contributed by atoms with Gasteiger partial charge in [-0.15, -0.1) is 0 Å². The smallest absolute Gasteiger partial charge is 0.330 e. The number of carbonyl (C=O) groups excluding carboxylic acids is 1. The molecule has 0 heterocycles. The summed E-state index contributed by atoms with van der Waals surface area (Å²) >= 11 is 0. The molecular weight excluding hydrogens is 188 g/mol. The highest BCUT2D eigenvalue weighted by Gasteiger charge is 1.97. The fraction of sp³-hybridized carbons (Fsp3) is 0.308. The van der Waals surface area contributed by atoms with Crippen LogP contribution in [-0.4, -0.2) is 13.1 Å². The molecule has 0 spiro atoms. The Balaban J connectivity index is 2.87. The number of aryl methyl sites for hydroxylation is 2. The van der Waals surface area contributed by atoms with Gasteiger partial charge in [0.1, 0.15) is 0 Å². The van der Waals surface area contributed by atoms with Crippen LogP contribution in [0.15, 0.2) is 24.3 Å². The second kappa shape index (κ2) is 5.35. The van der Waals surface area contributed by atoms with E-state index in [1.165, 1.54) is 24.3 Å². The zero-order valence-corrected chi connectivity index (χ0v) is 9.41. The van der Waals surface area contributed by atoms with Crippen molar-refractivity contribution < 1.29 is 9.53 Å². The number of hydrogen-bond donors (Lipinski definition) is 0. The number of carbonyl (C=O) groups is 1. The monoisotopic (exact) mass is 204 g/mol. The van der Waals surface area contributed by atoms with E-state index in [-0.39, 0.29) is 5.97 Å². The maximum Gasteiger partial charge on any atom is 0.330 e. The summed E-state index contributed by atoms with van der Waals surface area (Å²) in [7, 11) is 1.37.